The smallest absolute Gasteiger partial charge is 0.208 e. The zero-order valence-corrected chi connectivity index (χ0v) is 14.0. The molecule has 2 N–H and O–H groups in total. The number of thioether (sulfide) groups is 1. The fourth-order valence-electron chi connectivity index (χ4n) is 1.28. The van der Waals surface area contributed by atoms with E-state index >= 15 is 0 Å². The highest BCUT2D eigenvalue weighted by Gasteiger charge is 2.17. The summed E-state index contributed by atoms with van der Waals surface area (Å²) in [6.45, 7) is 0.592. The number of nitrogens with two attached hydrogens (primary N) is 1. The number of nitrogens with zero attached hydrogens (tertiary/aromatic N) is 3. The van der Waals surface area contributed by atoms with E-state index in [1.165, 1.54) is 4.88 Å². The van der Waals surface area contributed by atoms with Crippen molar-refractivity contribution in [2.24, 2.45) is 5.73 Å². The number of hydrogen-bond donors (Lipinski definition) is 1. The lowest BCUT2D eigenvalue weighted by Crippen LogP contribution is -2.07. The average Bonchev–Trinajstić information content (AvgIpc) is 2.94. The summed E-state index contributed by atoms with van der Waals surface area (Å²) in [6, 6.07) is 4.15. The minimum atomic E-state index is 0.240. The SMILES string of the molecule is CN(C)c1nnc(SC(CN)c2ccc(Br)s2)s1. The molecule has 1 atom stereocenters. The molecule has 0 radical (unpaired) electrons. The van der Waals surface area contributed by atoms with Gasteiger partial charge in [0.25, 0.3) is 0 Å². The summed E-state index contributed by atoms with van der Waals surface area (Å²) < 4.78 is 2.08. The van der Waals surface area contributed by atoms with Gasteiger partial charge in [0.05, 0.1) is 9.04 Å². The first-order valence-electron chi connectivity index (χ1n) is 5.23. The van der Waals surface area contributed by atoms with Gasteiger partial charge in [-0.2, -0.15) is 0 Å². The first-order chi connectivity index (χ1) is 8.60. The van der Waals surface area contributed by atoms with Crippen LogP contribution in [0, 0.1) is 0 Å². The minimum Gasteiger partial charge on any atom is -0.353 e. The van der Waals surface area contributed by atoms with Gasteiger partial charge >= 0.3 is 0 Å². The third kappa shape index (κ3) is 3.45. The summed E-state index contributed by atoms with van der Waals surface area (Å²) in [5.41, 5.74) is 5.85. The zero-order chi connectivity index (χ0) is 13.1. The third-order valence-corrected chi connectivity index (χ3v) is 6.47. The Kier molecular flexibility index (Phi) is 5.02. The molecule has 0 saturated carbocycles. The maximum Gasteiger partial charge on any atom is 0.208 e. The van der Waals surface area contributed by atoms with Crippen molar-refractivity contribution in [2.45, 2.75) is 9.59 Å². The molecule has 0 spiro atoms. The summed E-state index contributed by atoms with van der Waals surface area (Å²) in [4.78, 5) is 3.22. The van der Waals surface area contributed by atoms with E-state index < -0.39 is 0 Å². The molecule has 0 amide bonds. The molecule has 2 rings (SSSR count). The van der Waals surface area contributed by atoms with Crippen molar-refractivity contribution in [3.63, 3.8) is 0 Å². The van der Waals surface area contributed by atoms with Crippen LogP contribution >= 0.6 is 50.4 Å². The number of thiophene rings is 1. The Labute approximate surface area is 127 Å². The lowest BCUT2D eigenvalue weighted by atomic mass is 10.3. The average molecular weight is 365 g/mol. The van der Waals surface area contributed by atoms with Crippen LogP contribution in [0.3, 0.4) is 0 Å². The van der Waals surface area contributed by atoms with E-state index in [2.05, 4.69) is 38.3 Å². The fourth-order valence-corrected chi connectivity index (χ4v) is 4.87. The second-order valence-electron chi connectivity index (χ2n) is 3.73. The lowest BCUT2D eigenvalue weighted by molar-refractivity contribution is 0.941. The third-order valence-electron chi connectivity index (χ3n) is 2.15. The van der Waals surface area contributed by atoms with E-state index in [-0.39, 0.29) is 5.25 Å². The predicted octanol–water partition coefficient (Wildman–Crippen LogP) is 3.22. The van der Waals surface area contributed by atoms with Gasteiger partial charge in [0.15, 0.2) is 4.34 Å². The molecule has 18 heavy (non-hydrogen) atoms. The summed E-state index contributed by atoms with van der Waals surface area (Å²) in [5.74, 6) is 0. The minimum absolute atomic E-state index is 0.240. The molecule has 0 aliphatic heterocycles. The lowest BCUT2D eigenvalue weighted by Gasteiger charge is -2.09. The first-order valence-corrected chi connectivity index (χ1v) is 8.53. The number of rotatable bonds is 5. The number of halogens is 1. The standard InChI is InChI=1S/C10H13BrN4S3/c1-15(2)9-13-14-10(18-9)17-7(5-12)6-3-4-8(11)16-6/h3-4,7H,5,12H2,1-2H3. The van der Waals surface area contributed by atoms with Crippen LogP contribution in [0.1, 0.15) is 10.1 Å². The van der Waals surface area contributed by atoms with Gasteiger partial charge in [0.1, 0.15) is 0 Å². The van der Waals surface area contributed by atoms with E-state index in [1.54, 1.807) is 34.4 Å². The molecule has 0 aliphatic carbocycles. The second kappa shape index (κ2) is 6.33. The summed E-state index contributed by atoms with van der Waals surface area (Å²) in [5, 5.41) is 9.47. The highest BCUT2D eigenvalue weighted by Crippen LogP contribution is 2.40. The van der Waals surface area contributed by atoms with Crippen molar-refractivity contribution in [3.8, 4) is 0 Å². The molecule has 0 fully saturated rings. The van der Waals surface area contributed by atoms with Gasteiger partial charge in [-0.1, -0.05) is 23.1 Å². The van der Waals surface area contributed by atoms with Crippen molar-refractivity contribution < 1.29 is 0 Å². The monoisotopic (exact) mass is 364 g/mol. The molecular weight excluding hydrogens is 352 g/mol. The molecule has 1 unspecified atom stereocenters. The molecule has 98 valence electrons. The Bertz CT molecular complexity index is 511. The maximum absolute atomic E-state index is 5.85. The van der Waals surface area contributed by atoms with Crippen LogP contribution in [0.25, 0.3) is 0 Å². The van der Waals surface area contributed by atoms with E-state index in [9.17, 15) is 0 Å². The Hall–Kier alpha value is -0.150. The van der Waals surface area contributed by atoms with Gasteiger partial charge in [0.2, 0.25) is 5.13 Å². The molecule has 8 heteroatoms. The molecule has 0 saturated heterocycles. The highest BCUT2D eigenvalue weighted by atomic mass is 79.9. The summed E-state index contributed by atoms with van der Waals surface area (Å²) >= 11 is 8.46. The van der Waals surface area contributed by atoms with Gasteiger partial charge in [-0.25, -0.2) is 0 Å². The molecular formula is C10H13BrN4S3. The van der Waals surface area contributed by atoms with Crippen molar-refractivity contribution in [3.05, 3.63) is 20.8 Å². The Morgan fingerprint density at radius 3 is 2.67 bits per heavy atom. The van der Waals surface area contributed by atoms with Gasteiger partial charge in [0, 0.05) is 25.5 Å². The number of anilines is 1. The zero-order valence-electron chi connectivity index (χ0n) is 9.96. The van der Waals surface area contributed by atoms with Crippen LogP contribution in [-0.4, -0.2) is 30.8 Å². The van der Waals surface area contributed by atoms with E-state index in [0.29, 0.717) is 6.54 Å². The van der Waals surface area contributed by atoms with Gasteiger partial charge in [-0.3, -0.25) is 0 Å². The Morgan fingerprint density at radius 2 is 2.17 bits per heavy atom. The fraction of sp³-hybridized carbons (Fsp3) is 0.400. The largest absolute Gasteiger partial charge is 0.353 e. The maximum atomic E-state index is 5.85. The van der Waals surface area contributed by atoms with Crippen molar-refractivity contribution >= 4 is 55.5 Å². The van der Waals surface area contributed by atoms with Crippen LogP contribution in [0.5, 0.6) is 0 Å². The van der Waals surface area contributed by atoms with Crippen LogP contribution in [0.15, 0.2) is 20.3 Å². The van der Waals surface area contributed by atoms with Crippen molar-refractivity contribution in [1.82, 2.24) is 10.2 Å². The van der Waals surface area contributed by atoms with Crippen molar-refractivity contribution in [1.29, 1.82) is 0 Å². The Morgan fingerprint density at radius 1 is 1.39 bits per heavy atom. The molecule has 0 bridgehead atoms. The normalized spacial score (nSPS) is 12.7. The van der Waals surface area contributed by atoms with Crippen molar-refractivity contribution in [2.75, 3.05) is 25.5 Å². The van der Waals surface area contributed by atoms with Gasteiger partial charge in [-0.15, -0.1) is 21.5 Å². The van der Waals surface area contributed by atoms with Crippen LogP contribution < -0.4 is 10.6 Å². The first kappa shape index (κ1) is 14.3. The molecule has 0 aliphatic rings. The van der Waals surface area contributed by atoms with Crippen LogP contribution in [0.4, 0.5) is 5.13 Å². The summed E-state index contributed by atoms with van der Waals surface area (Å²) in [6.07, 6.45) is 0. The van der Waals surface area contributed by atoms with Crippen LogP contribution in [0.2, 0.25) is 0 Å². The molecule has 4 nitrogen and oxygen atoms in total. The number of aromatic nitrogens is 2. The quantitative estimate of drug-likeness (QED) is 0.825. The highest BCUT2D eigenvalue weighted by molar-refractivity contribution is 9.11. The topological polar surface area (TPSA) is 55.0 Å². The second-order valence-corrected chi connectivity index (χ2v) is 8.63. The summed E-state index contributed by atoms with van der Waals surface area (Å²) in [7, 11) is 3.93. The molecule has 2 aromatic heterocycles. The van der Waals surface area contributed by atoms with E-state index in [4.69, 9.17) is 5.73 Å². The predicted molar refractivity (Wildman–Crippen MR) is 83.9 cm³/mol. The Balaban J connectivity index is 2.10. The number of hydrogen-bond acceptors (Lipinski definition) is 7. The van der Waals surface area contributed by atoms with Gasteiger partial charge in [-0.05, 0) is 28.1 Å². The van der Waals surface area contributed by atoms with E-state index in [1.807, 2.05) is 19.0 Å². The molecule has 2 aromatic rings. The van der Waals surface area contributed by atoms with E-state index in [0.717, 1.165) is 13.3 Å². The van der Waals surface area contributed by atoms with Crippen LogP contribution in [-0.2, 0) is 0 Å². The van der Waals surface area contributed by atoms with Gasteiger partial charge < -0.3 is 10.6 Å². The molecule has 0 aromatic carbocycles. The molecule has 2 heterocycles.